The third-order valence-corrected chi connectivity index (χ3v) is 2.44. The van der Waals surface area contributed by atoms with Crippen molar-refractivity contribution < 1.29 is 14.0 Å². The summed E-state index contributed by atoms with van der Waals surface area (Å²) >= 11 is 0. The van der Waals surface area contributed by atoms with Crippen LogP contribution in [0.25, 0.3) is 0 Å². The molecule has 1 unspecified atom stereocenters. The van der Waals surface area contributed by atoms with E-state index in [9.17, 15) is 0 Å². The number of nitrogens with zero attached hydrogens (tertiary/aromatic N) is 2. The van der Waals surface area contributed by atoms with Crippen LogP contribution in [0.5, 0.6) is 5.75 Å². The standard InChI is InChI=1S/C12H15N3O3/c1-8(16-2)12-14-11(18-15-12)7-17-10-5-3-9(13)4-6-10/h3-6,8H,7,13H2,1-2H3. The van der Waals surface area contributed by atoms with Crippen LogP contribution in [0.15, 0.2) is 28.8 Å². The van der Waals surface area contributed by atoms with Gasteiger partial charge in [0.15, 0.2) is 12.4 Å². The minimum atomic E-state index is -0.195. The Morgan fingerprint density at radius 3 is 2.72 bits per heavy atom. The Bertz CT molecular complexity index is 496. The van der Waals surface area contributed by atoms with Crippen molar-refractivity contribution in [1.29, 1.82) is 0 Å². The van der Waals surface area contributed by atoms with E-state index in [4.69, 9.17) is 19.7 Å². The SMILES string of the molecule is COC(C)c1noc(COc2ccc(N)cc2)n1. The first-order valence-corrected chi connectivity index (χ1v) is 5.52. The topological polar surface area (TPSA) is 83.4 Å². The molecule has 0 aliphatic rings. The van der Waals surface area contributed by atoms with Gasteiger partial charge < -0.3 is 19.7 Å². The van der Waals surface area contributed by atoms with E-state index in [0.717, 1.165) is 0 Å². The fraction of sp³-hybridized carbons (Fsp3) is 0.333. The zero-order valence-electron chi connectivity index (χ0n) is 10.3. The number of hydrogen-bond acceptors (Lipinski definition) is 6. The molecule has 1 heterocycles. The van der Waals surface area contributed by atoms with Gasteiger partial charge in [-0.25, -0.2) is 0 Å². The summed E-state index contributed by atoms with van der Waals surface area (Å²) in [5.41, 5.74) is 6.27. The van der Waals surface area contributed by atoms with Gasteiger partial charge in [-0.05, 0) is 31.2 Å². The monoisotopic (exact) mass is 249 g/mol. The lowest BCUT2D eigenvalue weighted by atomic mass is 10.3. The lowest BCUT2D eigenvalue weighted by Gasteiger charge is -2.03. The summed E-state index contributed by atoms with van der Waals surface area (Å²) in [5.74, 6) is 1.61. The Morgan fingerprint density at radius 2 is 2.06 bits per heavy atom. The average Bonchev–Trinajstić information content (AvgIpc) is 2.86. The van der Waals surface area contributed by atoms with E-state index in [2.05, 4.69) is 10.1 Å². The molecule has 0 spiro atoms. The van der Waals surface area contributed by atoms with Gasteiger partial charge in [-0.15, -0.1) is 0 Å². The molecule has 2 rings (SSSR count). The van der Waals surface area contributed by atoms with E-state index in [0.29, 0.717) is 23.2 Å². The van der Waals surface area contributed by atoms with Crippen LogP contribution < -0.4 is 10.5 Å². The fourth-order valence-corrected chi connectivity index (χ4v) is 1.31. The number of nitrogen functional groups attached to an aromatic ring is 1. The molecule has 2 N–H and O–H groups in total. The van der Waals surface area contributed by atoms with E-state index in [-0.39, 0.29) is 12.7 Å². The van der Waals surface area contributed by atoms with Crippen LogP contribution in [0.3, 0.4) is 0 Å². The molecule has 1 atom stereocenters. The quantitative estimate of drug-likeness (QED) is 0.815. The van der Waals surface area contributed by atoms with Crippen molar-refractivity contribution in [1.82, 2.24) is 10.1 Å². The van der Waals surface area contributed by atoms with Crippen molar-refractivity contribution >= 4 is 5.69 Å². The zero-order chi connectivity index (χ0) is 13.0. The first-order valence-electron chi connectivity index (χ1n) is 5.52. The summed E-state index contributed by atoms with van der Waals surface area (Å²) in [4.78, 5) is 4.16. The number of hydrogen-bond donors (Lipinski definition) is 1. The molecule has 96 valence electrons. The Hall–Kier alpha value is -2.08. The third kappa shape index (κ3) is 2.98. The minimum absolute atomic E-state index is 0.195. The molecule has 0 amide bonds. The highest BCUT2D eigenvalue weighted by atomic mass is 16.5. The molecular weight excluding hydrogens is 234 g/mol. The van der Waals surface area contributed by atoms with Crippen LogP contribution in [0.2, 0.25) is 0 Å². The second-order valence-corrected chi connectivity index (χ2v) is 3.78. The van der Waals surface area contributed by atoms with Crippen molar-refractivity contribution in [3.8, 4) is 5.75 Å². The minimum Gasteiger partial charge on any atom is -0.484 e. The summed E-state index contributed by atoms with van der Waals surface area (Å²) in [6.07, 6.45) is -0.195. The summed E-state index contributed by atoms with van der Waals surface area (Å²) in [5, 5.41) is 3.80. The fourth-order valence-electron chi connectivity index (χ4n) is 1.31. The second-order valence-electron chi connectivity index (χ2n) is 3.78. The molecule has 0 saturated carbocycles. The zero-order valence-corrected chi connectivity index (χ0v) is 10.3. The number of aromatic nitrogens is 2. The van der Waals surface area contributed by atoms with Gasteiger partial charge in [0.25, 0.3) is 5.89 Å². The highest BCUT2D eigenvalue weighted by molar-refractivity contribution is 5.41. The maximum Gasteiger partial charge on any atom is 0.264 e. The van der Waals surface area contributed by atoms with Gasteiger partial charge >= 0.3 is 0 Å². The van der Waals surface area contributed by atoms with Crippen molar-refractivity contribution in [3.05, 3.63) is 36.0 Å². The summed E-state index contributed by atoms with van der Waals surface area (Å²) in [6, 6.07) is 7.10. The smallest absolute Gasteiger partial charge is 0.264 e. The highest BCUT2D eigenvalue weighted by Crippen LogP contribution is 2.16. The third-order valence-electron chi connectivity index (χ3n) is 2.44. The Balaban J connectivity index is 1.94. The van der Waals surface area contributed by atoms with E-state index in [1.54, 1.807) is 31.4 Å². The molecule has 6 nitrogen and oxygen atoms in total. The number of benzene rings is 1. The van der Waals surface area contributed by atoms with Crippen molar-refractivity contribution in [2.24, 2.45) is 0 Å². The number of methoxy groups -OCH3 is 1. The maximum absolute atomic E-state index is 5.58. The van der Waals surface area contributed by atoms with E-state index in [1.807, 2.05) is 6.92 Å². The molecule has 0 fully saturated rings. The number of ether oxygens (including phenoxy) is 2. The van der Waals surface area contributed by atoms with Gasteiger partial charge in [0.1, 0.15) is 11.9 Å². The predicted molar refractivity (Wildman–Crippen MR) is 64.9 cm³/mol. The Kier molecular flexibility index (Phi) is 3.78. The van der Waals surface area contributed by atoms with Crippen molar-refractivity contribution in [2.45, 2.75) is 19.6 Å². The molecule has 1 aromatic carbocycles. The second kappa shape index (κ2) is 5.50. The molecule has 0 aliphatic carbocycles. The molecule has 0 saturated heterocycles. The first-order chi connectivity index (χ1) is 8.69. The summed E-state index contributed by atoms with van der Waals surface area (Å²) in [6.45, 7) is 2.06. The molecule has 18 heavy (non-hydrogen) atoms. The van der Waals surface area contributed by atoms with Gasteiger partial charge in [0, 0.05) is 12.8 Å². The summed E-state index contributed by atoms with van der Waals surface area (Å²) in [7, 11) is 1.59. The van der Waals surface area contributed by atoms with Crippen LogP contribution in [0, 0.1) is 0 Å². The van der Waals surface area contributed by atoms with Gasteiger partial charge in [-0.1, -0.05) is 5.16 Å². The van der Waals surface area contributed by atoms with Crippen molar-refractivity contribution in [2.75, 3.05) is 12.8 Å². The molecule has 0 radical (unpaired) electrons. The molecular formula is C12H15N3O3. The molecule has 2 aromatic rings. The van der Waals surface area contributed by atoms with Gasteiger partial charge in [0.05, 0.1) is 0 Å². The van der Waals surface area contributed by atoms with Gasteiger partial charge in [-0.2, -0.15) is 4.98 Å². The van der Waals surface area contributed by atoms with Crippen LogP contribution in [-0.2, 0) is 11.3 Å². The molecule has 0 aliphatic heterocycles. The predicted octanol–water partition coefficient (Wildman–Crippen LogP) is 1.94. The lowest BCUT2D eigenvalue weighted by Crippen LogP contribution is -2.00. The summed E-state index contributed by atoms with van der Waals surface area (Å²) < 4.78 is 15.6. The van der Waals surface area contributed by atoms with Crippen LogP contribution in [0.4, 0.5) is 5.69 Å². The normalized spacial score (nSPS) is 12.3. The van der Waals surface area contributed by atoms with Gasteiger partial charge in [0.2, 0.25) is 0 Å². The average molecular weight is 249 g/mol. The largest absolute Gasteiger partial charge is 0.484 e. The van der Waals surface area contributed by atoms with Gasteiger partial charge in [-0.3, -0.25) is 0 Å². The molecule has 1 aromatic heterocycles. The highest BCUT2D eigenvalue weighted by Gasteiger charge is 2.12. The maximum atomic E-state index is 5.58. The van der Waals surface area contributed by atoms with Crippen LogP contribution in [0.1, 0.15) is 24.7 Å². The Labute approximate surface area is 105 Å². The van der Waals surface area contributed by atoms with Crippen molar-refractivity contribution in [3.63, 3.8) is 0 Å². The first kappa shape index (κ1) is 12.4. The van der Waals surface area contributed by atoms with E-state index >= 15 is 0 Å². The Morgan fingerprint density at radius 1 is 1.33 bits per heavy atom. The molecule has 6 heteroatoms. The number of rotatable bonds is 5. The van der Waals surface area contributed by atoms with E-state index < -0.39 is 0 Å². The number of anilines is 1. The lowest BCUT2D eigenvalue weighted by molar-refractivity contribution is 0.109. The van der Waals surface area contributed by atoms with Crippen LogP contribution in [-0.4, -0.2) is 17.3 Å². The number of nitrogens with two attached hydrogens (primary N) is 1. The molecule has 0 bridgehead atoms. The van der Waals surface area contributed by atoms with E-state index in [1.165, 1.54) is 0 Å². The van der Waals surface area contributed by atoms with Crippen LogP contribution >= 0.6 is 0 Å².